The van der Waals surface area contributed by atoms with Gasteiger partial charge in [0.25, 0.3) is 0 Å². The molecule has 78 valence electrons. The first kappa shape index (κ1) is 10.9. The molecule has 0 aromatic rings. The van der Waals surface area contributed by atoms with Crippen molar-refractivity contribution in [3.8, 4) is 0 Å². The summed E-state index contributed by atoms with van der Waals surface area (Å²) in [5, 5.41) is 28.1. The largest absolute Gasteiger partial charge is 0.393 e. The third kappa shape index (κ3) is 3.23. The van der Waals surface area contributed by atoms with Crippen LogP contribution in [0.5, 0.6) is 0 Å². The van der Waals surface area contributed by atoms with Crippen molar-refractivity contribution in [1.82, 2.24) is 4.90 Å². The monoisotopic (exact) mass is 189 g/mol. The fraction of sp³-hybridized carbons (Fsp3) is 1.00. The van der Waals surface area contributed by atoms with Crippen LogP contribution in [0.15, 0.2) is 0 Å². The van der Waals surface area contributed by atoms with Crippen LogP contribution in [0.25, 0.3) is 0 Å². The molecular weight excluding hydrogens is 170 g/mol. The summed E-state index contributed by atoms with van der Waals surface area (Å²) >= 11 is 0. The van der Waals surface area contributed by atoms with E-state index in [1.165, 1.54) is 0 Å². The van der Waals surface area contributed by atoms with Gasteiger partial charge in [-0.2, -0.15) is 0 Å². The Morgan fingerprint density at radius 3 is 2.46 bits per heavy atom. The second kappa shape index (κ2) is 3.53. The van der Waals surface area contributed by atoms with Crippen molar-refractivity contribution >= 4 is 0 Å². The zero-order valence-corrected chi connectivity index (χ0v) is 8.32. The van der Waals surface area contributed by atoms with Gasteiger partial charge in [0.2, 0.25) is 0 Å². The van der Waals surface area contributed by atoms with Crippen LogP contribution in [0, 0.1) is 0 Å². The highest BCUT2D eigenvalue weighted by molar-refractivity contribution is 4.91. The van der Waals surface area contributed by atoms with Gasteiger partial charge in [0, 0.05) is 19.6 Å². The highest BCUT2D eigenvalue weighted by atomic mass is 16.3. The number of aliphatic hydroxyl groups is 3. The summed E-state index contributed by atoms with van der Waals surface area (Å²) in [5.41, 5.74) is -1.69. The Hall–Kier alpha value is -0.160. The number of β-amino-alcohol motifs (C(OH)–C–C–N with tert-alkyl or cyclic N) is 2. The van der Waals surface area contributed by atoms with Gasteiger partial charge in [0.05, 0.1) is 12.2 Å². The lowest BCUT2D eigenvalue weighted by Crippen LogP contribution is -2.41. The molecule has 0 aromatic heterocycles. The maximum absolute atomic E-state index is 9.69. The highest BCUT2D eigenvalue weighted by Gasteiger charge is 2.36. The second-order valence-electron chi connectivity index (χ2n) is 4.66. The standard InChI is InChI=1S/C9H19NO3/c1-8(2,12)5-10-4-3-9(13,6-10)7-11/h11-13H,3-7H2,1-2H3. The van der Waals surface area contributed by atoms with Gasteiger partial charge in [0.15, 0.2) is 0 Å². The maximum atomic E-state index is 9.69. The van der Waals surface area contributed by atoms with E-state index in [1.54, 1.807) is 13.8 Å². The molecule has 1 atom stereocenters. The molecule has 1 aliphatic rings. The third-order valence-corrected chi connectivity index (χ3v) is 2.32. The molecule has 0 saturated carbocycles. The molecule has 0 amide bonds. The summed E-state index contributed by atoms with van der Waals surface area (Å²) in [4.78, 5) is 1.97. The molecule has 1 aliphatic heterocycles. The Balaban J connectivity index is 2.42. The number of hydrogen-bond acceptors (Lipinski definition) is 4. The van der Waals surface area contributed by atoms with Gasteiger partial charge in [-0.1, -0.05) is 0 Å². The zero-order valence-electron chi connectivity index (χ0n) is 8.32. The fourth-order valence-electron chi connectivity index (χ4n) is 1.75. The van der Waals surface area contributed by atoms with E-state index < -0.39 is 11.2 Å². The van der Waals surface area contributed by atoms with Crippen molar-refractivity contribution in [2.24, 2.45) is 0 Å². The van der Waals surface area contributed by atoms with E-state index in [-0.39, 0.29) is 6.61 Å². The van der Waals surface area contributed by atoms with Crippen molar-refractivity contribution in [3.63, 3.8) is 0 Å². The molecule has 3 N–H and O–H groups in total. The predicted molar refractivity (Wildman–Crippen MR) is 49.4 cm³/mol. The first-order chi connectivity index (χ1) is 5.85. The molecule has 0 bridgehead atoms. The number of aliphatic hydroxyl groups excluding tert-OH is 1. The lowest BCUT2D eigenvalue weighted by Gasteiger charge is -2.26. The molecule has 1 unspecified atom stereocenters. The lowest BCUT2D eigenvalue weighted by atomic mass is 10.1. The van der Waals surface area contributed by atoms with E-state index >= 15 is 0 Å². The number of nitrogens with zero attached hydrogens (tertiary/aromatic N) is 1. The zero-order chi connectivity index (χ0) is 10.1. The Bertz CT molecular complexity index is 178. The molecule has 0 spiro atoms. The second-order valence-corrected chi connectivity index (χ2v) is 4.66. The summed E-state index contributed by atoms with van der Waals surface area (Å²) in [7, 11) is 0. The quantitative estimate of drug-likeness (QED) is 0.543. The molecular formula is C9H19NO3. The number of likely N-dealkylation sites (tertiary alicyclic amines) is 1. The number of hydrogen-bond donors (Lipinski definition) is 3. The average Bonchev–Trinajstić information content (AvgIpc) is 2.30. The third-order valence-electron chi connectivity index (χ3n) is 2.32. The average molecular weight is 189 g/mol. The minimum absolute atomic E-state index is 0.199. The molecule has 1 fully saturated rings. The Labute approximate surface area is 78.8 Å². The van der Waals surface area contributed by atoms with Gasteiger partial charge in [-0.25, -0.2) is 0 Å². The summed E-state index contributed by atoms with van der Waals surface area (Å²) in [6.45, 7) is 5.01. The van der Waals surface area contributed by atoms with Gasteiger partial charge in [-0.05, 0) is 20.3 Å². The van der Waals surface area contributed by atoms with Crippen LogP contribution in [-0.2, 0) is 0 Å². The molecule has 0 aromatic carbocycles. The molecule has 1 rings (SSSR count). The minimum Gasteiger partial charge on any atom is -0.393 e. The smallest absolute Gasteiger partial charge is 0.101 e. The van der Waals surface area contributed by atoms with Crippen LogP contribution in [0.3, 0.4) is 0 Å². The first-order valence-electron chi connectivity index (χ1n) is 4.63. The van der Waals surface area contributed by atoms with Crippen molar-refractivity contribution in [2.75, 3.05) is 26.2 Å². The van der Waals surface area contributed by atoms with E-state index in [4.69, 9.17) is 5.11 Å². The van der Waals surface area contributed by atoms with Crippen molar-refractivity contribution in [3.05, 3.63) is 0 Å². The van der Waals surface area contributed by atoms with Crippen LogP contribution >= 0.6 is 0 Å². The lowest BCUT2D eigenvalue weighted by molar-refractivity contribution is -0.0147. The Kier molecular flexibility index (Phi) is 2.97. The van der Waals surface area contributed by atoms with E-state index in [9.17, 15) is 10.2 Å². The number of rotatable bonds is 3. The van der Waals surface area contributed by atoms with Crippen LogP contribution in [-0.4, -0.2) is 57.7 Å². The molecule has 1 heterocycles. The Morgan fingerprint density at radius 1 is 1.46 bits per heavy atom. The molecule has 4 nitrogen and oxygen atoms in total. The van der Waals surface area contributed by atoms with Crippen LogP contribution in [0.2, 0.25) is 0 Å². The van der Waals surface area contributed by atoms with Crippen LogP contribution in [0.1, 0.15) is 20.3 Å². The van der Waals surface area contributed by atoms with Crippen LogP contribution in [0.4, 0.5) is 0 Å². The summed E-state index contributed by atoms with van der Waals surface area (Å²) in [6, 6.07) is 0. The summed E-state index contributed by atoms with van der Waals surface area (Å²) < 4.78 is 0. The fourth-order valence-corrected chi connectivity index (χ4v) is 1.75. The molecule has 4 heteroatoms. The van der Waals surface area contributed by atoms with Crippen molar-refractivity contribution < 1.29 is 15.3 Å². The minimum atomic E-state index is -0.953. The van der Waals surface area contributed by atoms with E-state index in [2.05, 4.69) is 0 Å². The van der Waals surface area contributed by atoms with Crippen LogP contribution < -0.4 is 0 Å². The molecule has 13 heavy (non-hydrogen) atoms. The molecule has 1 saturated heterocycles. The van der Waals surface area contributed by atoms with Gasteiger partial charge in [-0.3, -0.25) is 4.90 Å². The summed E-state index contributed by atoms with van der Waals surface area (Å²) in [5.74, 6) is 0. The van der Waals surface area contributed by atoms with Gasteiger partial charge < -0.3 is 15.3 Å². The molecule has 0 radical (unpaired) electrons. The topological polar surface area (TPSA) is 63.9 Å². The van der Waals surface area contributed by atoms with Crippen molar-refractivity contribution in [2.45, 2.75) is 31.5 Å². The van der Waals surface area contributed by atoms with Gasteiger partial charge in [0.1, 0.15) is 5.60 Å². The van der Waals surface area contributed by atoms with Crippen molar-refractivity contribution in [1.29, 1.82) is 0 Å². The van der Waals surface area contributed by atoms with E-state index in [1.807, 2.05) is 4.90 Å². The van der Waals surface area contributed by atoms with Gasteiger partial charge in [-0.15, -0.1) is 0 Å². The highest BCUT2D eigenvalue weighted by Crippen LogP contribution is 2.21. The molecule has 0 aliphatic carbocycles. The van der Waals surface area contributed by atoms with E-state index in [0.717, 1.165) is 6.54 Å². The SMILES string of the molecule is CC(C)(O)CN1CCC(O)(CO)C1. The Morgan fingerprint density at radius 2 is 2.08 bits per heavy atom. The van der Waals surface area contributed by atoms with E-state index in [0.29, 0.717) is 19.5 Å². The normalized spacial score (nSPS) is 31.2. The predicted octanol–water partition coefficient (Wildman–Crippen LogP) is -0.814. The van der Waals surface area contributed by atoms with Gasteiger partial charge >= 0.3 is 0 Å². The maximum Gasteiger partial charge on any atom is 0.101 e. The first-order valence-corrected chi connectivity index (χ1v) is 4.63. The summed E-state index contributed by atoms with van der Waals surface area (Å²) in [6.07, 6.45) is 0.583.